The van der Waals surface area contributed by atoms with Gasteiger partial charge in [-0.05, 0) is 23.6 Å². The van der Waals surface area contributed by atoms with Crippen LogP contribution in [0.5, 0.6) is 5.75 Å². The predicted molar refractivity (Wildman–Crippen MR) is 61.7 cm³/mol. The largest absolute Gasteiger partial charge is 0.496 e. The van der Waals surface area contributed by atoms with Gasteiger partial charge in [0.1, 0.15) is 5.75 Å². The number of para-hydroxylation sites is 1. The van der Waals surface area contributed by atoms with Gasteiger partial charge >= 0.3 is 0 Å². The summed E-state index contributed by atoms with van der Waals surface area (Å²) < 4.78 is 4.86. The second-order valence-electron chi connectivity index (χ2n) is 2.57. The first-order valence-electron chi connectivity index (χ1n) is 4.19. The second-order valence-corrected chi connectivity index (χ2v) is 3.35. The lowest BCUT2D eigenvalue weighted by Gasteiger charge is -1.86. The van der Waals surface area contributed by atoms with Gasteiger partial charge in [-0.25, -0.2) is 0 Å². The van der Waals surface area contributed by atoms with Crippen molar-refractivity contribution in [3.63, 3.8) is 0 Å². The Balaban J connectivity index is 0.000000140. The third-order valence-corrected chi connectivity index (χ3v) is 2.19. The molecule has 2 N–H and O–H groups in total. The molecule has 0 radical (unpaired) electrons. The minimum Gasteiger partial charge on any atom is -0.496 e. The Bertz CT molecular complexity index is 331. The van der Waals surface area contributed by atoms with Crippen molar-refractivity contribution < 1.29 is 4.74 Å². The summed E-state index contributed by atoms with van der Waals surface area (Å²) in [6, 6.07) is 11.4. The average molecular weight is 207 g/mol. The molecule has 0 aliphatic heterocycles. The summed E-state index contributed by atoms with van der Waals surface area (Å²) in [7, 11) is 1.67. The van der Waals surface area contributed by atoms with Crippen molar-refractivity contribution in [2.45, 2.75) is 0 Å². The SMILES string of the molecule is COc1ccsc1.Nc1ccccc1. The van der Waals surface area contributed by atoms with E-state index in [1.54, 1.807) is 18.4 Å². The van der Waals surface area contributed by atoms with E-state index >= 15 is 0 Å². The van der Waals surface area contributed by atoms with Crippen LogP contribution in [0.25, 0.3) is 0 Å². The smallest absolute Gasteiger partial charge is 0.129 e. The van der Waals surface area contributed by atoms with E-state index in [9.17, 15) is 0 Å². The molecule has 14 heavy (non-hydrogen) atoms. The number of nitrogen functional groups attached to an aromatic ring is 1. The van der Waals surface area contributed by atoms with Gasteiger partial charge < -0.3 is 10.5 Å². The normalized spacial score (nSPS) is 8.64. The molecule has 1 heterocycles. The van der Waals surface area contributed by atoms with Gasteiger partial charge in [-0.3, -0.25) is 0 Å². The van der Waals surface area contributed by atoms with Crippen LogP contribution in [0, 0.1) is 0 Å². The number of methoxy groups -OCH3 is 1. The zero-order chi connectivity index (χ0) is 10.2. The monoisotopic (exact) mass is 207 g/mol. The zero-order valence-electron chi connectivity index (χ0n) is 8.01. The van der Waals surface area contributed by atoms with Gasteiger partial charge in [0.15, 0.2) is 0 Å². The number of hydrogen-bond donors (Lipinski definition) is 1. The van der Waals surface area contributed by atoms with Crippen molar-refractivity contribution in [1.82, 2.24) is 0 Å². The topological polar surface area (TPSA) is 35.2 Å². The van der Waals surface area contributed by atoms with Crippen LogP contribution in [0.1, 0.15) is 0 Å². The summed E-state index contributed by atoms with van der Waals surface area (Å²) in [6.07, 6.45) is 0. The van der Waals surface area contributed by atoms with Crippen molar-refractivity contribution >= 4 is 17.0 Å². The molecule has 2 aromatic rings. The van der Waals surface area contributed by atoms with E-state index in [1.165, 1.54) is 0 Å². The molecule has 0 saturated carbocycles. The Morgan fingerprint density at radius 3 is 2.14 bits per heavy atom. The van der Waals surface area contributed by atoms with Crippen LogP contribution in [0.4, 0.5) is 5.69 Å². The van der Waals surface area contributed by atoms with Gasteiger partial charge in [-0.2, -0.15) is 0 Å². The first kappa shape index (κ1) is 10.6. The van der Waals surface area contributed by atoms with Crippen LogP contribution in [0.3, 0.4) is 0 Å². The number of ether oxygens (including phenoxy) is 1. The van der Waals surface area contributed by atoms with Gasteiger partial charge in [-0.15, -0.1) is 11.3 Å². The molecule has 1 aromatic heterocycles. The Morgan fingerprint density at radius 1 is 1.14 bits per heavy atom. The number of nitrogens with two attached hydrogens (primary N) is 1. The summed E-state index contributed by atoms with van der Waals surface area (Å²) in [4.78, 5) is 0. The second kappa shape index (κ2) is 6.05. The fourth-order valence-corrected chi connectivity index (χ4v) is 1.42. The molecule has 2 rings (SSSR count). The highest BCUT2D eigenvalue weighted by Gasteiger charge is 1.82. The average Bonchev–Trinajstić information content (AvgIpc) is 2.72. The summed E-state index contributed by atoms with van der Waals surface area (Å²) >= 11 is 1.64. The molecule has 0 bridgehead atoms. The lowest BCUT2D eigenvalue weighted by atomic mass is 10.3. The number of rotatable bonds is 1. The maximum absolute atomic E-state index is 5.36. The first-order chi connectivity index (χ1) is 6.83. The molecular formula is C11H13NOS. The lowest BCUT2D eigenvalue weighted by Crippen LogP contribution is -1.79. The van der Waals surface area contributed by atoms with Crippen LogP contribution in [-0.2, 0) is 0 Å². The fraction of sp³-hybridized carbons (Fsp3) is 0.0909. The third kappa shape index (κ3) is 3.96. The Kier molecular flexibility index (Phi) is 4.58. The van der Waals surface area contributed by atoms with Crippen LogP contribution in [-0.4, -0.2) is 7.11 Å². The van der Waals surface area contributed by atoms with Gasteiger partial charge in [0.2, 0.25) is 0 Å². The van der Waals surface area contributed by atoms with Crippen LogP contribution >= 0.6 is 11.3 Å². The molecule has 0 saturated heterocycles. The molecule has 0 unspecified atom stereocenters. The van der Waals surface area contributed by atoms with Crippen LogP contribution in [0.2, 0.25) is 0 Å². The van der Waals surface area contributed by atoms with Crippen molar-refractivity contribution in [2.24, 2.45) is 0 Å². The highest BCUT2D eigenvalue weighted by molar-refractivity contribution is 7.08. The van der Waals surface area contributed by atoms with E-state index in [1.807, 2.05) is 47.2 Å². The van der Waals surface area contributed by atoms with Crippen LogP contribution in [0.15, 0.2) is 47.2 Å². The Labute approximate surface area is 88.0 Å². The van der Waals surface area contributed by atoms with E-state index in [-0.39, 0.29) is 0 Å². The van der Waals surface area contributed by atoms with E-state index in [0.29, 0.717) is 0 Å². The number of hydrogen-bond acceptors (Lipinski definition) is 3. The Hall–Kier alpha value is -1.48. The standard InChI is InChI=1S/C6H7N.C5H6OS/c7-6-4-2-1-3-5-6;1-6-5-2-3-7-4-5/h1-5H,7H2;2-4H,1H3. The minimum atomic E-state index is 0.822. The molecule has 0 aliphatic rings. The summed E-state index contributed by atoms with van der Waals surface area (Å²) in [5.41, 5.74) is 6.18. The quantitative estimate of drug-likeness (QED) is 0.729. The first-order valence-corrected chi connectivity index (χ1v) is 5.14. The van der Waals surface area contributed by atoms with E-state index in [0.717, 1.165) is 11.4 Å². The van der Waals surface area contributed by atoms with Crippen molar-refractivity contribution in [2.75, 3.05) is 12.8 Å². The van der Waals surface area contributed by atoms with Gasteiger partial charge in [0.05, 0.1) is 7.11 Å². The number of anilines is 1. The number of thiophene rings is 1. The fourth-order valence-electron chi connectivity index (χ4n) is 0.821. The zero-order valence-corrected chi connectivity index (χ0v) is 8.83. The Morgan fingerprint density at radius 2 is 1.86 bits per heavy atom. The molecule has 0 spiro atoms. The highest BCUT2D eigenvalue weighted by atomic mass is 32.1. The molecule has 74 valence electrons. The molecule has 2 nitrogen and oxygen atoms in total. The molecule has 0 atom stereocenters. The van der Waals surface area contributed by atoms with Crippen molar-refractivity contribution in [3.05, 3.63) is 47.2 Å². The summed E-state index contributed by atoms with van der Waals surface area (Å²) in [6.45, 7) is 0. The predicted octanol–water partition coefficient (Wildman–Crippen LogP) is 3.03. The van der Waals surface area contributed by atoms with Gasteiger partial charge in [-0.1, -0.05) is 18.2 Å². The molecule has 0 aliphatic carbocycles. The van der Waals surface area contributed by atoms with Crippen LogP contribution < -0.4 is 10.5 Å². The third-order valence-electron chi connectivity index (χ3n) is 1.53. The van der Waals surface area contributed by atoms with Gasteiger partial charge in [0.25, 0.3) is 0 Å². The lowest BCUT2D eigenvalue weighted by molar-refractivity contribution is 0.417. The van der Waals surface area contributed by atoms with E-state index in [4.69, 9.17) is 10.5 Å². The number of benzene rings is 1. The van der Waals surface area contributed by atoms with Gasteiger partial charge in [0, 0.05) is 11.1 Å². The van der Waals surface area contributed by atoms with Crippen molar-refractivity contribution in [3.8, 4) is 5.75 Å². The summed E-state index contributed by atoms with van der Waals surface area (Å²) in [5.74, 6) is 0.949. The maximum atomic E-state index is 5.36. The highest BCUT2D eigenvalue weighted by Crippen LogP contribution is 2.12. The minimum absolute atomic E-state index is 0.822. The van der Waals surface area contributed by atoms with E-state index < -0.39 is 0 Å². The summed E-state index contributed by atoms with van der Waals surface area (Å²) in [5, 5.41) is 3.94. The van der Waals surface area contributed by atoms with Crippen molar-refractivity contribution in [1.29, 1.82) is 0 Å². The maximum Gasteiger partial charge on any atom is 0.129 e. The van der Waals surface area contributed by atoms with E-state index in [2.05, 4.69) is 0 Å². The molecule has 0 fully saturated rings. The molecule has 1 aromatic carbocycles. The molecule has 3 heteroatoms. The molecule has 0 amide bonds. The molecular weight excluding hydrogens is 194 g/mol.